The molecule has 0 bridgehead atoms. The van der Waals surface area contributed by atoms with E-state index >= 15 is 0 Å². The van der Waals surface area contributed by atoms with Gasteiger partial charge in [0, 0.05) is 11.6 Å². The van der Waals surface area contributed by atoms with Gasteiger partial charge in [-0.3, -0.25) is 4.98 Å². The highest BCUT2D eigenvalue weighted by Gasteiger charge is 2.09. The van der Waals surface area contributed by atoms with Gasteiger partial charge in [0.25, 0.3) is 0 Å². The van der Waals surface area contributed by atoms with Gasteiger partial charge in [-0.25, -0.2) is 0 Å². The molecule has 0 radical (unpaired) electrons. The Labute approximate surface area is 103 Å². The standard InChI is InChI=1S/C15H18N2/c1-12(17(2)3)14-10-7-11-15(16-14)13-8-5-4-6-9-13/h4-12H,1-3H3/t12-/m0/s1. The molecule has 17 heavy (non-hydrogen) atoms. The van der Waals surface area contributed by atoms with Crippen molar-refractivity contribution in [1.82, 2.24) is 9.88 Å². The molecule has 2 heteroatoms. The summed E-state index contributed by atoms with van der Waals surface area (Å²) in [6.07, 6.45) is 0. The zero-order chi connectivity index (χ0) is 12.3. The summed E-state index contributed by atoms with van der Waals surface area (Å²) in [4.78, 5) is 6.89. The minimum atomic E-state index is 0.332. The summed E-state index contributed by atoms with van der Waals surface area (Å²) in [6.45, 7) is 2.16. The summed E-state index contributed by atoms with van der Waals surface area (Å²) in [5, 5.41) is 0. The van der Waals surface area contributed by atoms with Crippen molar-refractivity contribution in [3.63, 3.8) is 0 Å². The fourth-order valence-corrected chi connectivity index (χ4v) is 1.72. The molecule has 0 fully saturated rings. The molecule has 0 saturated carbocycles. The first-order valence-corrected chi connectivity index (χ1v) is 5.87. The summed E-state index contributed by atoms with van der Waals surface area (Å²) < 4.78 is 0. The Morgan fingerprint density at radius 3 is 2.29 bits per heavy atom. The van der Waals surface area contributed by atoms with Crippen molar-refractivity contribution < 1.29 is 0 Å². The third-order valence-corrected chi connectivity index (χ3v) is 3.04. The highest BCUT2D eigenvalue weighted by atomic mass is 15.1. The first-order valence-electron chi connectivity index (χ1n) is 5.87. The van der Waals surface area contributed by atoms with Crippen LogP contribution in [0.25, 0.3) is 11.3 Å². The molecule has 1 aromatic heterocycles. The second-order valence-electron chi connectivity index (χ2n) is 4.45. The highest BCUT2D eigenvalue weighted by Crippen LogP contribution is 2.20. The molecule has 1 heterocycles. The average molecular weight is 226 g/mol. The molecule has 88 valence electrons. The molecule has 0 amide bonds. The van der Waals surface area contributed by atoms with E-state index in [-0.39, 0.29) is 0 Å². The molecule has 2 nitrogen and oxygen atoms in total. The van der Waals surface area contributed by atoms with Crippen LogP contribution in [0.15, 0.2) is 48.5 Å². The topological polar surface area (TPSA) is 16.1 Å². The molecule has 0 spiro atoms. The zero-order valence-electron chi connectivity index (χ0n) is 10.6. The monoisotopic (exact) mass is 226 g/mol. The van der Waals surface area contributed by atoms with E-state index in [9.17, 15) is 0 Å². The van der Waals surface area contributed by atoms with E-state index in [0.29, 0.717) is 6.04 Å². The predicted octanol–water partition coefficient (Wildman–Crippen LogP) is 3.37. The van der Waals surface area contributed by atoms with Gasteiger partial charge in [-0.05, 0) is 33.2 Å². The van der Waals surface area contributed by atoms with Crippen LogP contribution in [-0.4, -0.2) is 24.0 Å². The molecule has 0 aliphatic rings. The second kappa shape index (κ2) is 5.11. The first-order chi connectivity index (χ1) is 8.18. The van der Waals surface area contributed by atoms with E-state index in [1.54, 1.807) is 0 Å². The van der Waals surface area contributed by atoms with E-state index in [1.165, 1.54) is 5.56 Å². The van der Waals surface area contributed by atoms with E-state index in [2.05, 4.69) is 56.3 Å². The lowest BCUT2D eigenvalue weighted by Gasteiger charge is -2.19. The fraction of sp³-hybridized carbons (Fsp3) is 0.267. The number of aromatic nitrogens is 1. The minimum absolute atomic E-state index is 0.332. The highest BCUT2D eigenvalue weighted by molar-refractivity contribution is 5.58. The lowest BCUT2D eigenvalue weighted by molar-refractivity contribution is 0.315. The zero-order valence-corrected chi connectivity index (χ0v) is 10.6. The van der Waals surface area contributed by atoms with E-state index in [0.717, 1.165) is 11.4 Å². The van der Waals surface area contributed by atoms with Gasteiger partial charge in [0.2, 0.25) is 0 Å². The number of hydrogen-bond acceptors (Lipinski definition) is 2. The molecule has 0 unspecified atom stereocenters. The van der Waals surface area contributed by atoms with Crippen molar-refractivity contribution in [2.75, 3.05) is 14.1 Å². The molecule has 0 aliphatic heterocycles. The van der Waals surface area contributed by atoms with E-state index < -0.39 is 0 Å². The number of rotatable bonds is 3. The largest absolute Gasteiger partial charge is 0.301 e. The molecule has 1 atom stereocenters. The van der Waals surface area contributed by atoms with Crippen LogP contribution in [0.3, 0.4) is 0 Å². The van der Waals surface area contributed by atoms with Gasteiger partial charge < -0.3 is 4.90 Å². The van der Waals surface area contributed by atoms with Crippen molar-refractivity contribution in [2.45, 2.75) is 13.0 Å². The van der Waals surface area contributed by atoms with Crippen molar-refractivity contribution in [3.8, 4) is 11.3 Å². The maximum atomic E-state index is 4.72. The van der Waals surface area contributed by atoms with Crippen LogP contribution in [0.4, 0.5) is 0 Å². The molecular formula is C15H18N2. The Bertz CT molecular complexity index is 477. The fourth-order valence-electron chi connectivity index (χ4n) is 1.72. The first kappa shape index (κ1) is 11.8. The van der Waals surface area contributed by atoms with Crippen LogP contribution < -0.4 is 0 Å². The van der Waals surface area contributed by atoms with Crippen LogP contribution in [0.5, 0.6) is 0 Å². The van der Waals surface area contributed by atoms with Gasteiger partial charge in [-0.1, -0.05) is 36.4 Å². The van der Waals surface area contributed by atoms with Gasteiger partial charge in [-0.2, -0.15) is 0 Å². The SMILES string of the molecule is C[C@@H](c1cccc(-c2ccccc2)n1)N(C)C. The summed E-state index contributed by atoms with van der Waals surface area (Å²) in [5.74, 6) is 0. The van der Waals surface area contributed by atoms with Crippen molar-refractivity contribution in [3.05, 3.63) is 54.2 Å². The lowest BCUT2D eigenvalue weighted by Crippen LogP contribution is -2.17. The molecular weight excluding hydrogens is 208 g/mol. The van der Waals surface area contributed by atoms with Gasteiger partial charge in [0.1, 0.15) is 0 Å². The van der Waals surface area contributed by atoms with Crippen molar-refractivity contribution in [2.24, 2.45) is 0 Å². The minimum Gasteiger partial charge on any atom is -0.301 e. The van der Waals surface area contributed by atoms with Crippen molar-refractivity contribution in [1.29, 1.82) is 0 Å². The van der Waals surface area contributed by atoms with E-state index in [4.69, 9.17) is 4.98 Å². The summed E-state index contributed by atoms with van der Waals surface area (Å²) >= 11 is 0. The molecule has 2 aromatic rings. The van der Waals surface area contributed by atoms with Crippen LogP contribution in [0.2, 0.25) is 0 Å². The number of hydrogen-bond donors (Lipinski definition) is 0. The third-order valence-electron chi connectivity index (χ3n) is 3.04. The maximum Gasteiger partial charge on any atom is 0.0706 e. The predicted molar refractivity (Wildman–Crippen MR) is 71.8 cm³/mol. The van der Waals surface area contributed by atoms with Gasteiger partial charge >= 0.3 is 0 Å². The molecule has 2 rings (SSSR count). The maximum absolute atomic E-state index is 4.72. The number of benzene rings is 1. The normalized spacial score (nSPS) is 12.7. The van der Waals surface area contributed by atoms with Crippen LogP contribution in [0.1, 0.15) is 18.7 Å². The smallest absolute Gasteiger partial charge is 0.0706 e. The van der Waals surface area contributed by atoms with Crippen LogP contribution in [-0.2, 0) is 0 Å². The number of nitrogens with zero attached hydrogens (tertiary/aromatic N) is 2. The van der Waals surface area contributed by atoms with Gasteiger partial charge in [0.15, 0.2) is 0 Å². The summed E-state index contributed by atoms with van der Waals surface area (Å²) in [7, 11) is 4.14. The summed E-state index contributed by atoms with van der Waals surface area (Å²) in [6, 6.07) is 16.8. The van der Waals surface area contributed by atoms with Gasteiger partial charge in [0.05, 0.1) is 11.4 Å². The lowest BCUT2D eigenvalue weighted by atomic mass is 10.1. The average Bonchev–Trinajstić information content (AvgIpc) is 2.39. The van der Waals surface area contributed by atoms with Gasteiger partial charge in [-0.15, -0.1) is 0 Å². The Hall–Kier alpha value is -1.67. The quantitative estimate of drug-likeness (QED) is 0.797. The third kappa shape index (κ3) is 2.71. The Kier molecular flexibility index (Phi) is 3.55. The Morgan fingerprint density at radius 2 is 1.65 bits per heavy atom. The van der Waals surface area contributed by atoms with Crippen molar-refractivity contribution >= 4 is 0 Å². The molecule has 1 aromatic carbocycles. The molecule has 0 N–H and O–H groups in total. The number of pyridine rings is 1. The Morgan fingerprint density at radius 1 is 0.941 bits per heavy atom. The van der Waals surface area contributed by atoms with Crippen LogP contribution in [0, 0.1) is 0 Å². The molecule has 0 saturated heterocycles. The van der Waals surface area contributed by atoms with Crippen LogP contribution >= 0.6 is 0 Å². The summed E-state index contributed by atoms with van der Waals surface area (Å²) in [5.41, 5.74) is 3.31. The molecule has 0 aliphatic carbocycles. The van der Waals surface area contributed by atoms with E-state index in [1.807, 2.05) is 18.2 Å². The Balaban J connectivity index is 2.35. The second-order valence-corrected chi connectivity index (χ2v) is 4.45.